The summed E-state index contributed by atoms with van der Waals surface area (Å²) in [5.74, 6) is 5.75. The van der Waals surface area contributed by atoms with Crippen LogP contribution < -0.4 is 5.73 Å². The molecule has 0 aromatic heterocycles. The topological polar surface area (TPSA) is 55.6 Å². The van der Waals surface area contributed by atoms with E-state index in [1.165, 1.54) is 0 Å². The van der Waals surface area contributed by atoms with Gasteiger partial charge in [-0.05, 0) is 31.5 Å². The highest BCUT2D eigenvalue weighted by Crippen LogP contribution is 2.06. The van der Waals surface area contributed by atoms with Crippen molar-refractivity contribution in [1.29, 1.82) is 0 Å². The van der Waals surface area contributed by atoms with Gasteiger partial charge >= 0.3 is 0 Å². The predicted molar refractivity (Wildman–Crippen MR) is 79.9 cm³/mol. The zero-order valence-electron chi connectivity index (χ0n) is 12.3. The van der Waals surface area contributed by atoms with E-state index in [1.807, 2.05) is 38.1 Å². The van der Waals surface area contributed by atoms with Crippen molar-refractivity contribution < 1.29 is 9.53 Å². The van der Waals surface area contributed by atoms with Crippen LogP contribution in [0.5, 0.6) is 0 Å². The number of carbonyl (C=O) groups excluding carboxylic acids is 1. The minimum absolute atomic E-state index is 0.0225. The third-order valence-corrected chi connectivity index (χ3v) is 2.67. The van der Waals surface area contributed by atoms with Crippen LogP contribution in [0.15, 0.2) is 24.3 Å². The Kier molecular flexibility index (Phi) is 6.78. The van der Waals surface area contributed by atoms with Gasteiger partial charge in [0.05, 0.1) is 12.6 Å². The summed E-state index contributed by atoms with van der Waals surface area (Å²) in [6, 6.07) is 7.79. The van der Waals surface area contributed by atoms with E-state index in [4.69, 9.17) is 10.5 Å². The lowest BCUT2D eigenvalue weighted by atomic mass is 10.1. The fourth-order valence-corrected chi connectivity index (χ4v) is 1.56. The van der Waals surface area contributed by atoms with Crippen LogP contribution in [0.4, 0.5) is 0 Å². The van der Waals surface area contributed by atoms with E-state index in [9.17, 15) is 4.79 Å². The minimum atomic E-state index is -0.0225. The third kappa shape index (κ3) is 5.87. The Bertz CT molecular complexity index is 483. The van der Waals surface area contributed by atoms with Gasteiger partial charge in [-0.1, -0.05) is 24.0 Å². The highest BCUT2D eigenvalue weighted by Gasteiger charge is 2.10. The Balaban J connectivity index is 2.53. The SMILES string of the molecule is CC(C)OCC(=O)N(C)Cc1ccc(C#CCN)cc1. The van der Waals surface area contributed by atoms with Gasteiger partial charge in [-0.3, -0.25) is 4.79 Å². The lowest BCUT2D eigenvalue weighted by Gasteiger charge is -2.18. The molecular weight excluding hydrogens is 252 g/mol. The van der Waals surface area contributed by atoms with Crippen LogP contribution in [0.2, 0.25) is 0 Å². The van der Waals surface area contributed by atoms with Gasteiger partial charge in [0, 0.05) is 19.2 Å². The first-order chi connectivity index (χ1) is 9.52. The van der Waals surface area contributed by atoms with Crippen LogP contribution in [0.1, 0.15) is 25.0 Å². The molecule has 0 aliphatic rings. The Labute approximate surface area is 120 Å². The zero-order valence-corrected chi connectivity index (χ0v) is 12.3. The van der Waals surface area contributed by atoms with Crippen molar-refractivity contribution in [2.75, 3.05) is 20.2 Å². The van der Waals surface area contributed by atoms with Crippen molar-refractivity contribution in [2.24, 2.45) is 5.73 Å². The van der Waals surface area contributed by atoms with Gasteiger partial charge in [-0.15, -0.1) is 0 Å². The maximum absolute atomic E-state index is 11.8. The lowest BCUT2D eigenvalue weighted by Crippen LogP contribution is -2.30. The largest absolute Gasteiger partial charge is 0.369 e. The van der Waals surface area contributed by atoms with E-state index >= 15 is 0 Å². The molecule has 4 nitrogen and oxygen atoms in total. The highest BCUT2D eigenvalue weighted by molar-refractivity contribution is 5.77. The first-order valence-corrected chi connectivity index (χ1v) is 6.66. The quantitative estimate of drug-likeness (QED) is 0.825. The number of hydrogen-bond acceptors (Lipinski definition) is 3. The number of nitrogens with two attached hydrogens (primary N) is 1. The standard InChI is InChI=1S/C16H22N2O2/c1-13(2)20-12-16(19)18(3)11-15-8-6-14(7-9-15)5-4-10-17/h6-9,13H,10-12,17H2,1-3H3. The van der Waals surface area contributed by atoms with Crippen LogP contribution in [0.25, 0.3) is 0 Å². The summed E-state index contributed by atoms with van der Waals surface area (Å²) in [4.78, 5) is 13.5. The van der Waals surface area contributed by atoms with Crippen LogP contribution in [-0.4, -0.2) is 37.1 Å². The van der Waals surface area contributed by atoms with Crippen molar-refractivity contribution in [2.45, 2.75) is 26.5 Å². The first-order valence-electron chi connectivity index (χ1n) is 6.66. The molecule has 0 saturated heterocycles. The smallest absolute Gasteiger partial charge is 0.248 e. The molecular formula is C16H22N2O2. The van der Waals surface area contributed by atoms with Crippen LogP contribution in [0, 0.1) is 11.8 Å². The van der Waals surface area contributed by atoms with Crippen molar-refractivity contribution in [3.63, 3.8) is 0 Å². The minimum Gasteiger partial charge on any atom is -0.369 e. The summed E-state index contributed by atoms with van der Waals surface area (Å²) in [5, 5.41) is 0. The molecule has 0 fully saturated rings. The number of amides is 1. The molecule has 0 aliphatic heterocycles. The third-order valence-electron chi connectivity index (χ3n) is 2.67. The highest BCUT2D eigenvalue weighted by atomic mass is 16.5. The molecule has 2 N–H and O–H groups in total. The number of hydrogen-bond donors (Lipinski definition) is 1. The molecule has 0 saturated carbocycles. The van der Waals surface area contributed by atoms with E-state index in [1.54, 1.807) is 11.9 Å². The summed E-state index contributed by atoms with van der Waals surface area (Å²) in [6.07, 6.45) is 0.0627. The molecule has 0 unspecified atom stereocenters. The number of rotatable bonds is 5. The van der Waals surface area contributed by atoms with Crippen molar-refractivity contribution in [1.82, 2.24) is 4.90 Å². The molecule has 1 aromatic rings. The van der Waals surface area contributed by atoms with E-state index in [0.29, 0.717) is 13.1 Å². The summed E-state index contributed by atoms with van der Waals surface area (Å²) < 4.78 is 5.30. The number of likely N-dealkylation sites (N-methyl/N-ethyl adjacent to an activating group) is 1. The first kappa shape index (κ1) is 16.2. The van der Waals surface area contributed by atoms with Gasteiger partial charge in [-0.25, -0.2) is 0 Å². The second-order valence-corrected chi connectivity index (χ2v) is 4.81. The molecule has 0 spiro atoms. The molecule has 0 bridgehead atoms. The molecule has 0 atom stereocenters. The summed E-state index contributed by atoms with van der Waals surface area (Å²) >= 11 is 0. The lowest BCUT2D eigenvalue weighted by molar-refractivity contribution is -0.136. The van der Waals surface area contributed by atoms with Gasteiger partial charge in [0.1, 0.15) is 6.61 Å². The van der Waals surface area contributed by atoms with Crippen molar-refractivity contribution >= 4 is 5.91 Å². The number of carbonyl (C=O) groups is 1. The molecule has 4 heteroatoms. The zero-order chi connectivity index (χ0) is 15.0. The maximum atomic E-state index is 11.8. The molecule has 1 amide bonds. The average Bonchev–Trinajstić information content (AvgIpc) is 2.43. The van der Waals surface area contributed by atoms with Crippen LogP contribution >= 0.6 is 0 Å². The van der Waals surface area contributed by atoms with Crippen LogP contribution in [-0.2, 0) is 16.1 Å². The summed E-state index contributed by atoms with van der Waals surface area (Å²) in [6.45, 7) is 4.86. The molecule has 0 aliphatic carbocycles. The number of ether oxygens (including phenoxy) is 1. The number of nitrogens with zero attached hydrogens (tertiary/aromatic N) is 1. The second-order valence-electron chi connectivity index (χ2n) is 4.81. The van der Waals surface area contributed by atoms with Crippen LogP contribution in [0.3, 0.4) is 0 Å². The average molecular weight is 274 g/mol. The maximum Gasteiger partial charge on any atom is 0.248 e. The normalized spacial score (nSPS) is 10.1. The van der Waals surface area contributed by atoms with Crippen molar-refractivity contribution in [3.8, 4) is 11.8 Å². The fourth-order valence-electron chi connectivity index (χ4n) is 1.56. The second kappa shape index (κ2) is 8.36. The Morgan fingerprint density at radius 3 is 2.55 bits per heavy atom. The molecule has 0 radical (unpaired) electrons. The van der Waals surface area contributed by atoms with Crippen molar-refractivity contribution in [3.05, 3.63) is 35.4 Å². The summed E-state index contributed by atoms with van der Waals surface area (Å²) in [7, 11) is 1.77. The van der Waals surface area contributed by atoms with E-state index < -0.39 is 0 Å². The monoisotopic (exact) mass is 274 g/mol. The molecule has 20 heavy (non-hydrogen) atoms. The van der Waals surface area contributed by atoms with E-state index in [2.05, 4.69) is 11.8 Å². The predicted octanol–water partition coefficient (Wildman–Crippen LogP) is 1.38. The van der Waals surface area contributed by atoms with E-state index in [-0.39, 0.29) is 18.6 Å². The molecule has 1 aromatic carbocycles. The van der Waals surface area contributed by atoms with Gasteiger partial charge in [0.15, 0.2) is 0 Å². The molecule has 1 rings (SSSR count). The van der Waals surface area contributed by atoms with Gasteiger partial charge in [-0.2, -0.15) is 0 Å². The van der Waals surface area contributed by atoms with E-state index in [0.717, 1.165) is 11.1 Å². The Hall–Kier alpha value is -1.83. The van der Waals surface area contributed by atoms with Gasteiger partial charge in [0.2, 0.25) is 5.91 Å². The van der Waals surface area contributed by atoms with Gasteiger partial charge < -0.3 is 15.4 Å². The number of benzene rings is 1. The summed E-state index contributed by atoms with van der Waals surface area (Å²) in [5.41, 5.74) is 7.31. The van der Waals surface area contributed by atoms with Gasteiger partial charge in [0.25, 0.3) is 0 Å². The fraction of sp³-hybridized carbons (Fsp3) is 0.438. The Morgan fingerprint density at radius 2 is 2.00 bits per heavy atom. The Morgan fingerprint density at radius 1 is 1.35 bits per heavy atom. The molecule has 108 valence electrons. The molecule has 0 heterocycles.